The summed E-state index contributed by atoms with van der Waals surface area (Å²) in [7, 11) is 1.16. The molecule has 2 heterocycles. The van der Waals surface area contributed by atoms with Crippen molar-refractivity contribution in [3.05, 3.63) is 29.2 Å². The van der Waals surface area contributed by atoms with Gasteiger partial charge in [-0.05, 0) is 6.07 Å². The van der Waals surface area contributed by atoms with E-state index in [0.717, 1.165) is 7.11 Å². The maximum absolute atomic E-state index is 11.6. The smallest absolute Gasteiger partial charge is 0.379 e. The van der Waals surface area contributed by atoms with Gasteiger partial charge in [0.05, 0.1) is 18.2 Å². The van der Waals surface area contributed by atoms with Crippen LogP contribution in [0, 0.1) is 0 Å². The maximum Gasteiger partial charge on any atom is 0.379 e. The van der Waals surface area contributed by atoms with E-state index in [4.69, 9.17) is 11.6 Å². The van der Waals surface area contributed by atoms with Gasteiger partial charge >= 0.3 is 5.97 Å². The number of aromatic amines is 1. The Labute approximate surface area is 109 Å². The first-order chi connectivity index (χ1) is 8.65. The third kappa shape index (κ3) is 2.51. The predicted molar refractivity (Wildman–Crippen MR) is 68.8 cm³/mol. The third-order valence-electron chi connectivity index (χ3n) is 2.17. The lowest BCUT2D eigenvalue weighted by Gasteiger charge is -1.97. The zero-order chi connectivity index (χ0) is 13.7. The van der Waals surface area contributed by atoms with Crippen LogP contribution in [0.3, 0.4) is 0 Å². The zero-order valence-electron chi connectivity index (χ0n) is 10.3. The molecule has 2 aromatic heterocycles. The number of fused-ring (bicyclic) bond motifs is 1. The van der Waals surface area contributed by atoms with E-state index in [-0.39, 0.29) is 10.7 Å². The number of pyridine rings is 1. The summed E-state index contributed by atoms with van der Waals surface area (Å²) in [6, 6.07) is 1.61. The van der Waals surface area contributed by atoms with Crippen molar-refractivity contribution in [2.45, 2.75) is 13.8 Å². The van der Waals surface area contributed by atoms with E-state index < -0.39 is 11.8 Å². The number of halogens is 1. The van der Waals surface area contributed by atoms with Gasteiger partial charge < -0.3 is 9.72 Å². The van der Waals surface area contributed by atoms with Gasteiger partial charge in [-0.15, -0.1) is 0 Å². The number of hydrogen-bond donors (Lipinski definition) is 1. The van der Waals surface area contributed by atoms with Gasteiger partial charge in [-0.3, -0.25) is 4.79 Å². The van der Waals surface area contributed by atoms with Gasteiger partial charge in [0.1, 0.15) is 0 Å². The molecule has 0 fully saturated rings. The van der Waals surface area contributed by atoms with E-state index >= 15 is 0 Å². The minimum Gasteiger partial charge on any atom is -0.463 e. The molecule has 0 radical (unpaired) electrons. The molecule has 6 heteroatoms. The van der Waals surface area contributed by atoms with Crippen molar-refractivity contribution in [1.29, 1.82) is 0 Å². The Bertz CT molecular complexity index is 578. The Morgan fingerprint density at radius 2 is 2.06 bits per heavy atom. The number of methoxy groups -OCH3 is 1. The number of carbonyl (C=O) groups excluding carboxylic acids is 2. The Balaban J connectivity index is 0.000000771. The van der Waals surface area contributed by atoms with E-state index in [0.29, 0.717) is 10.9 Å². The van der Waals surface area contributed by atoms with Gasteiger partial charge in [0.25, 0.3) is 5.78 Å². The van der Waals surface area contributed by atoms with Crippen molar-refractivity contribution in [1.82, 2.24) is 9.97 Å². The van der Waals surface area contributed by atoms with Crippen molar-refractivity contribution >= 4 is 34.3 Å². The largest absolute Gasteiger partial charge is 0.463 e. The Morgan fingerprint density at radius 3 is 2.67 bits per heavy atom. The fraction of sp³-hybridized carbons (Fsp3) is 0.250. The summed E-state index contributed by atoms with van der Waals surface area (Å²) in [5, 5.41) is 0.803. The Kier molecular flexibility index (Phi) is 4.85. The van der Waals surface area contributed by atoms with E-state index in [1.807, 2.05) is 13.8 Å². The highest BCUT2D eigenvalue weighted by atomic mass is 35.5. The minimum absolute atomic E-state index is 0.228. The lowest BCUT2D eigenvalue weighted by atomic mass is 10.1. The summed E-state index contributed by atoms with van der Waals surface area (Å²) < 4.78 is 4.36. The molecule has 2 rings (SSSR count). The fourth-order valence-corrected chi connectivity index (χ4v) is 1.62. The number of hydrogen-bond acceptors (Lipinski definition) is 4. The number of nitrogens with zero attached hydrogens (tertiary/aromatic N) is 1. The molecule has 0 aromatic carbocycles. The summed E-state index contributed by atoms with van der Waals surface area (Å²) in [6.07, 6.45) is 2.88. The van der Waals surface area contributed by atoms with E-state index in [9.17, 15) is 9.59 Å². The molecule has 0 atom stereocenters. The second kappa shape index (κ2) is 6.16. The molecule has 2 aromatic rings. The third-order valence-corrected chi connectivity index (χ3v) is 2.46. The summed E-state index contributed by atoms with van der Waals surface area (Å²) in [6.45, 7) is 4.00. The second-order valence-corrected chi connectivity index (χ2v) is 3.41. The molecule has 0 aliphatic carbocycles. The van der Waals surface area contributed by atoms with E-state index in [2.05, 4.69) is 14.7 Å². The van der Waals surface area contributed by atoms with Gasteiger partial charge in [-0.1, -0.05) is 25.4 Å². The molecule has 0 aliphatic rings. The van der Waals surface area contributed by atoms with Crippen LogP contribution >= 0.6 is 11.6 Å². The summed E-state index contributed by atoms with van der Waals surface area (Å²) >= 11 is 5.82. The van der Waals surface area contributed by atoms with Gasteiger partial charge in [0.15, 0.2) is 5.15 Å². The summed E-state index contributed by atoms with van der Waals surface area (Å²) in [4.78, 5) is 29.4. The SMILES string of the molecule is CC.COC(=O)C(=O)c1c[nH]c2c(Cl)nccc12. The van der Waals surface area contributed by atoms with Crippen LogP contribution in [0.1, 0.15) is 24.2 Å². The number of Topliss-reactive ketones (excluding diaryl/α,β-unsaturated/α-hetero) is 1. The average molecular weight is 269 g/mol. The van der Waals surface area contributed by atoms with Gasteiger partial charge in [-0.2, -0.15) is 0 Å². The van der Waals surface area contributed by atoms with Crippen molar-refractivity contribution in [3.63, 3.8) is 0 Å². The Hall–Kier alpha value is -1.88. The molecule has 0 saturated carbocycles. The molecule has 5 nitrogen and oxygen atoms in total. The molecule has 0 saturated heterocycles. The standard InChI is InChI=1S/C10H7ClN2O3.C2H6/c1-16-10(15)8(14)6-4-13-7-5(6)2-3-12-9(7)11;1-2/h2-4,13H,1H3;1-2H3. The van der Waals surface area contributed by atoms with Gasteiger partial charge in [0.2, 0.25) is 0 Å². The molecule has 0 aliphatic heterocycles. The van der Waals surface area contributed by atoms with E-state index in [1.165, 1.54) is 12.4 Å². The van der Waals surface area contributed by atoms with Crippen LogP contribution in [0.15, 0.2) is 18.5 Å². The van der Waals surface area contributed by atoms with Crippen molar-refractivity contribution < 1.29 is 14.3 Å². The van der Waals surface area contributed by atoms with Crippen LogP contribution in [-0.4, -0.2) is 28.8 Å². The number of nitrogens with one attached hydrogen (secondary N) is 1. The van der Waals surface area contributed by atoms with Crippen LogP contribution in [0.4, 0.5) is 0 Å². The number of carbonyl (C=O) groups is 2. The first-order valence-corrected chi connectivity index (χ1v) is 5.77. The van der Waals surface area contributed by atoms with E-state index in [1.54, 1.807) is 6.07 Å². The first kappa shape index (κ1) is 14.2. The summed E-state index contributed by atoms with van der Waals surface area (Å²) in [5.41, 5.74) is 0.752. The number of H-pyrrole nitrogens is 1. The lowest BCUT2D eigenvalue weighted by molar-refractivity contribution is -0.135. The molecule has 0 bridgehead atoms. The van der Waals surface area contributed by atoms with Gasteiger partial charge in [-0.25, -0.2) is 9.78 Å². The molecule has 0 amide bonds. The topological polar surface area (TPSA) is 72.1 Å². The highest BCUT2D eigenvalue weighted by Gasteiger charge is 2.21. The highest BCUT2D eigenvalue weighted by molar-refractivity contribution is 6.43. The highest BCUT2D eigenvalue weighted by Crippen LogP contribution is 2.23. The van der Waals surface area contributed by atoms with Crippen LogP contribution in [0.25, 0.3) is 10.9 Å². The Morgan fingerprint density at radius 1 is 1.39 bits per heavy atom. The number of esters is 1. The number of ketones is 1. The summed E-state index contributed by atoms with van der Waals surface area (Å²) in [5.74, 6) is -1.62. The number of rotatable bonds is 2. The van der Waals surface area contributed by atoms with Crippen LogP contribution in [0.5, 0.6) is 0 Å². The molecule has 18 heavy (non-hydrogen) atoms. The molecule has 0 unspecified atom stereocenters. The van der Waals surface area contributed by atoms with Crippen molar-refractivity contribution in [2.75, 3.05) is 7.11 Å². The first-order valence-electron chi connectivity index (χ1n) is 5.39. The maximum atomic E-state index is 11.6. The monoisotopic (exact) mass is 268 g/mol. The number of aromatic nitrogens is 2. The average Bonchev–Trinajstić information content (AvgIpc) is 2.84. The predicted octanol–water partition coefficient (Wildman–Crippen LogP) is 2.60. The van der Waals surface area contributed by atoms with Crippen LogP contribution in [-0.2, 0) is 9.53 Å². The molecule has 1 N–H and O–H groups in total. The van der Waals surface area contributed by atoms with Crippen molar-refractivity contribution in [2.24, 2.45) is 0 Å². The van der Waals surface area contributed by atoms with Crippen molar-refractivity contribution in [3.8, 4) is 0 Å². The molecular weight excluding hydrogens is 256 g/mol. The van der Waals surface area contributed by atoms with Gasteiger partial charge in [0, 0.05) is 17.8 Å². The second-order valence-electron chi connectivity index (χ2n) is 3.05. The zero-order valence-corrected chi connectivity index (χ0v) is 11.0. The molecular formula is C12H13ClN2O3. The molecule has 96 valence electrons. The lowest BCUT2D eigenvalue weighted by Crippen LogP contribution is -2.15. The minimum atomic E-state index is -0.908. The normalized spacial score (nSPS) is 9.56. The molecule has 0 spiro atoms. The van der Waals surface area contributed by atoms with Crippen LogP contribution < -0.4 is 0 Å². The fourth-order valence-electron chi connectivity index (χ4n) is 1.41. The quantitative estimate of drug-likeness (QED) is 0.393. The van der Waals surface area contributed by atoms with Crippen LogP contribution in [0.2, 0.25) is 5.15 Å². The number of ether oxygens (including phenoxy) is 1.